The molecule has 1 unspecified atom stereocenters. The number of nitrogens with zero attached hydrogens (tertiary/aromatic N) is 7. The van der Waals surface area contributed by atoms with Gasteiger partial charge in [-0.1, -0.05) is 247 Å². The molecule has 97 heavy (non-hydrogen) atoms. The van der Waals surface area contributed by atoms with Crippen LogP contribution in [0.15, 0.2) is 211 Å². The Balaban J connectivity index is 0.000000289. The van der Waals surface area contributed by atoms with Crippen LogP contribution in [0.5, 0.6) is 0 Å². The van der Waals surface area contributed by atoms with Crippen LogP contribution >= 0.6 is 181 Å². The summed E-state index contributed by atoms with van der Waals surface area (Å²) >= 11 is 45.6. The summed E-state index contributed by atoms with van der Waals surface area (Å²) in [4.78, 5) is 68.7. The van der Waals surface area contributed by atoms with Crippen LogP contribution in [0.3, 0.4) is 0 Å². The summed E-state index contributed by atoms with van der Waals surface area (Å²) in [6.07, 6.45) is 12.6. The fourth-order valence-corrected chi connectivity index (χ4v) is 11.4. The van der Waals surface area contributed by atoms with Gasteiger partial charge < -0.3 is 24.9 Å². The monoisotopic (exact) mass is 2040 g/mol. The Labute approximate surface area is 666 Å². The molecule has 30 heteroatoms. The molecule has 0 bridgehead atoms. The molecule has 1 radical (unpaired) electrons. The summed E-state index contributed by atoms with van der Waals surface area (Å²) in [5.74, 6) is -1.33. The van der Waals surface area contributed by atoms with E-state index in [1.807, 2.05) is 90.1 Å². The van der Waals surface area contributed by atoms with Crippen molar-refractivity contribution in [2.75, 3.05) is 18.6 Å². The van der Waals surface area contributed by atoms with E-state index in [9.17, 15) is 14.4 Å². The Morgan fingerprint density at radius 2 is 0.948 bits per heavy atom. The first-order valence-corrected chi connectivity index (χ1v) is 37.0. The van der Waals surface area contributed by atoms with Crippen molar-refractivity contribution in [3.63, 3.8) is 0 Å². The third kappa shape index (κ3) is 28.8. The molecule has 6 aromatic heterocycles. The predicted molar refractivity (Wildman–Crippen MR) is 419 cm³/mol. The van der Waals surface area contributed by atoms with Crippen LogP contribution in [0.2, 0.25) is 0 Å². The van der Waals surface area contributed by atoms with Crippen molar-refractivity contribution in [1.82, 2.24) is 29.9 Å². The van der Waals surface area contributed by atoms with Crippen LogP contribution < -0.4 is 0 Å². The molecule has 0 spiro atoms. The molecule has 1 fully saturated rings. The second-order valence-corrected chi connectivity index (χ2v) is 29.6. The average molecular weight is 2050 g/mol. The Hall–Kier alpha value is -4.50. The first-order valence-electron chi connectivity index (χ1n) is 27.5. The van der Waals surface area contributed by atoms with Gasteiger partial charge in [-0.15, -0.1) is 10.1 Å². The predicted octanol–water partition coefficient (Wildman–Crippen LogP) is 22.3. The van der Waals surface area contributed by atoms with Crippen LogP contribution in [-0.2, 0) is 31.9 Å². The second-order valence-electron chi connectivity index (χ2n) is 18.8. The summed E-state index contributed by atoms with van der Waals surface area (Å²) < 4.78 is 12.8. The molecule has 3 N–H and O–H groups in total. The Morgan fingerprint density at radius 1 is 0.588 bits per heavy atom. The van der Waals surface area contributed by atoms with E-state index in [1.54, 1.807) is 55.1 Å². The van der Waals surface area contributed by atoms with Crippen LogP contribution in [0.1, 0.15) is 64.3 Å². The number of halogens is 12. The summed E-state index contributed by atoms with van der Waals surface area (Å²) in [6.45, 7) is 4.89. The van der Waals surface area contributed by atoms with Crippen LogP contribution in [0.4, 0.5) is 0 Å². The molecular weight excluding hydrogens is 2000 g/mol. The van der Waals surface area contributed by atoms with Crippen molar-refractivity contribution >= 4 is 264 Å². The number of aldehydes is 1. The zero-order valence-electron chi connectivity index (χ0n) is 50.9. The largest absolute Gasteiger partial charge is 0.478 e. The molecular formula is C67H55AgBr7Cl4IN7O10. The minimum Gasteiger partial charge on any atom is -0.478 e. The van der Waals surface area contributed by atoms with E-state index in [0.717, 1.165) is 97.3 Å². The van der Waals surface area contributed by atoms with Gasteiger partial charge in [0.2, 0.25) is 0 Å². The van der Waals surface area contributed by atoms with E-state index in [1.165, 1.54) is 29.0 Å². The van der Waals surface area contributed by atoms with Gasteiger partial charge >= 0.3 is 11.9 Å². The first-order chi connectivity index (χ1) is 45.7. The van der Waals surface area contributed by atoms with Crippen LogP contribution in [-0.4, -0.2) is 96.8 Å². The smallest absolute Gasteiger partial charge is 0.340 e. The molecule has 0 saturated carbocycles. The number of ether oxygens (including phenoxy) is 2. The number of benzene rings is 6. The maximum atomic E-state index is 11.5. The van der Waals surface area contributed by atoms with E-state index < -0.39 is 20.6 Å². The Morgan fingerprint density at radius 3 is 1.36 bits per heavy atom. The SMILES string of the molecule is Brc1ccc(C(Br)Br)c2ncccc12.CI.COC(=O)c1ccc(Br)c2cccnc12.Cc1ccc(Br)c2cccnc12.Cc1cccc2cccnc12.ClC(Cl)(Cl)Cl.O=C(O)c1ccc(Br)c2cccnc12.O=Cc1ccc(Br)c2cccnc12.O=[N+]([O-])O.OC1CCCO1.[Ag]. The molecule has 0 amide bonds. The zero-order valence-corrected chi connectivity index (χ0v) is 68.7. The molecule has 13 rings (SSSR count). The normalized spacial score (nSPS) is 11.6. The van der Waals surface area contributed by atoms with Gasteiger partial charge in [-0.25, -0.2) is 9.59 Å². The van der Waals surface area contributed by atoms with Crippen molar-refractivity contribution in [2.45, 2.75) is 40.0 Å². The topological polar surface area (TPSA) is 251 Å². The number of fused-ring (bicyclic) bond motifs is 6. The van der Waals surface area contributed by atoms with E-state index in [2.05, 4.69) is 231 Å². The average Bonchev–Trinajstić information content (AvgIpc) is 1.40. The Kier molecular flexibility index (Phi) is 40.6. The number of aliphatic hydroxyl groups is 1. The molecule has 1 aliphatic heterocycles. The number of esters is 1. The molecule has 1 atom stereocenters. The first kappa shape index (κ1) is 86.7. The number of rotatable bonds is 4. The van der Waals surface area contributed by atoms with Gasteiger partial charge in [0, 0.05) is 138 Å². The van der Waals surface area contributed by atoms with Crippen molar-refractivity contribution in [1.29, 1.82) is 0 Å². The Bertz CT molecular complexity index is 4500. The molecule has 17 nitrogen and oxygen atoms in total. The molecule has 6 aromatic carbocycles. The maximum Gasteiger partial charge on any atom is 0.340 e. The second kappa shape index (κ2) is 45.4. The number of aromatic nitrogens is 6. The fourth-order valence-electron chi connectivity index (χ4n) is 8.41. The van der Waals surface area contributed by atoms with Gasteiger partial charge in [0.15, 0.2) is 12.6 Å². The number of aliphatic hydroxyl groups excluding tert-OH is 1. The summed E-state index contributed by atoms with van der Waals surface area (Å²) in [6, 6.07) is 48.0. The number of hydrogen-bond donors (Lipinski definition) is 3. The number of carbonyl (C=O) groups is 3. The van der Waals surface area contributed by atoms with Gasteiger partial charge in [-0.3, -0.25) is 34.7 Å². The van der Waals surface area contributed by atoms with Crippen LogP contribution in [0.25, 0.3) is 65.4 Å². The van der Waals surface area contributed by atoms with Crippen molar-refractivity contribution in [3.05, 3.63) is 255 Å². The summed E-state index contributed by atoms with van der Waals surface area (Å²) in [5, 5.41) is 37.3. The van der Waals surface area contributed by atoms with Gasteiger partial charge in [0.1, 0.15) is 0 Å². The van der Waals surface area contributed by atoms with Crippen molar-refractivity contribution < 1.29 is 66.7 Å². The number of para-hydroxylation sites is 1. The maximum absolute atomic E-state index is 11.5. The number of carboxylic acids is 1. The third-order valence-electron chi connectivity index (χ3n) is 12.6. The number of pyridine rings is 6. The van der Waals surface area contributed by atoms with Gasteiger partial charge in [-0.2, -0.15) is 0 Å². The number of methoxy groups -OCH3 is 1. The van der Waals surface area contributed by atoms with Gasteiger partial charge in [0.05, 0.1) is 55.1 Å². The third-order valence-corrected chi connectivity index (χ3v) is 17.0. The molecule has 513 valence electrons. The van der Waals surface area contributed by atoms with Crippen molar-refractivity contribution in [2.24, 2.45) is 0 Å². The minimum atomic E-state index is -1.61. The van der Waals surface area contributed by atoms with E-state index >= 15 is 0 Å². The number of carboxylic acid groups (broad SMARTS) is 1. The zero-order chi connectivity index (χ0) is 71.1. The van der Waals surface area contributed by atoms with Gasteiger partial charge in [0.25, 0.3) is 8.34 Å². The number of aromatic carboxylic acids is 1. The molecule has 1 saturated heterocycles. The number of alkyl halides is 7. The molecule has 7 heterocycles. The molecule has 1 aliphatic rings. The fraction of sp³-hybridized carbons (Fsp3) is 0.149. The van der Waals surface area contributed by atoms with E-state index in [0.29, 0.717) is 22.2 Å². The summed E-state index contributed by atoms with van der Waals surface area (Å²) in [5.41, 5.74) is 10.0. The minimum absolute atomic E-state index is 0. The van der Waals surface area contributed by atoms with Crippen molar-refractivity contribution in [3.8, 4) is 0 Å². The number of hydrogen-bond acceptors (Lipinski definition) is 14. The van der Waals surface area contributed by atoms with Gasteiger partial charge in [-0.05, 0) is 121 Å². The van der Waals surface area contributed by atoms with E-state index in [4.69, 9.17) is 76.7 Å². The standard InChI is InChI=1S/C11H8BrNO2.C10H6Br3N.C10H6BrNO2.C10H6BrNO.C10H8BrN.C10H9N.C4H8O2.CCl4.CH3I.Ag.HNO3/c1-15-11(14)8-4-5-9(12)7-3-2-6-13-10(7)8;11-8-4-3-7(10(12)13)9-6(8)2-1-5-14-9;11-8-4-3-7(10(13)14)9-6(8)2-1-5-12-9;11-9-4-3-7(6-13)10-8(9)2-1-5-12-10;1-7-4-5-9(11)8-3-2-6-12-10(7)8;1-8-4-2-5-9-6-3-7-11-10(8)9;5-4-2-1-3-6-4;2-1(3,4)5;1-2;;2-1(3)4/h2-6H,1H3;1-5,10H;1-5H,(H,13,14);1-6H;2-6H,1H3;2-7H,1H3;4-5H,1-3H2;;1H3;;(H,2,3,4). The number of carbonyl (C=O) groups excluding carboxylic acids is 2. The van der Waals surface area contributed by atoms with E-state index in [-0.39, 0.29) is 37.6 Å². The number of aryl methyl sites for hydroxylation is 2. The van der Waals surface area contributed by atoms with Crippen LogP contribution in [0, 0.1) is 24.0 Å². The molecule has 12 aromatic rings. The quantitative estimate of drug-likeness (QED) is 0.0282. The molecule has 0 aliphatic carbocycles. The summed E-state index contributed by atoms with van der Waals surface area (Å²) in [7, 11) is 1.36.